The summed E-state index contributed by atoms with van der Waals surface area (Å²) in [6.07, 6.45) is 2.84. The van der Waals surface area contributed by atoms with E-state index in [1.165, 1.54) is 38.9 Å². The maximum Gasteiger partial charge on any atom is 0.0705 e. The molecule has 25 heavy (non-hydrogen) atoms. The Balaban J connectivity index is 1.66. The topological polar surface area (TPSA) is 12.9 Å². The first-order chi connectivity index (χ1) is 12.4. The maximum absolute atomic E-state index is 4.55. The number of nitrogens with zero attached hydrogens (tertiary/aromatic N) is 1. The molecule has 118 valence electrons. The van der Waals surface area contributed by atoms with Crippen LogP contribution in [0.2, 0.25) is 0 Å². The molecule has 0 aliphatic heterocycles. The molecule has 0 spiro atoms. The van der Waals surface area contributed by atoms with Gasteiger partial charge in [-0.05, 0) is 58.0 Å². The Morgan fingerprint density at radius 1 is 0.600 bits per heavy atom. The number of fused-ring (bicyclic) bond motifs is 3. The van der Waals surface area contributed by atoms with Gasteiger partial charge >= 0.3 is 0 Å². The zero-order chi connectivity index (χ0) is 16.6. The van der Waals surface area contributed by atoms with Crippen molar-refractivity contribution in [2.45, 2.75) is 6.42 Å². The van der Waals surface area contributed by atoms with Gasteiger partial charge in [0.05, 0.1) is 5.69 Å². The Morgan fingerprint density at radius 3 is 2.28 bits per heavy atom. The van der Waals surface area contributed by atoms with Gasteiger partial charge < -0.3 is 0 Å². The number of hydrogen-bond donors (Lipinski definition) is 0. The molecule has 0 unspecified atom stereocenters. The van der Waals surface area contributed by atoms with Crippen molar-refractivity contribution >= 4 is 0 Å². The van der Waals surface area contributed by atoms with Gasteiger partial charge in [-0.25, -0.2) is 0 Å². The molecule has 0 bridgehead atoms. The third-order valence-corrected chi connectivity index (χ3v) is 4.99. The molecule has 0 N–H and O–H groups in total. The average Bonchev–Trinajstić information content (AvgIpc) is 3.07. The predicted octanol–water partition coefficient (Wildman–Crippen LogP) is 5.99. The van der Waals surface area contributed by atoms with Crippen LogP contribution >= 0.6 is 0 Å². The second-order valence-electron chi connectivity index (χ2n) is 6.46. The number of rotatable bonds is 2. The fourth-order valence-electron chi connectivity index (χ4n) is 3.77. The molecule has 1 aromatic heterocycles. The normalized spacial score (nSPS) is 11.8. The lowest BCUT2D eigenvalue weighted by molar-refractivity contribution is 1.24. The zero-order valence-corrected chi connectivity index (χ0v) is 13.8. The van der Waals surface area contributed by atoms with Crippen LogP contribution in [0.15, 0.2) is 91.1 Å². The van der Waals surface area contributed by atoms with E-state index in [2.05, 4.69) is 83.8 Å². The molecule has 1 aliphatic rings. The summed E-state index contributed by atoms with van der Waals surface area (Å²) in [5.74, 6) is 0. The molecule has 4 aromatic rings. The van der Waals surface area contributed by atoms with Crippen LogP contribution in [0.1, 0.15) is 11.1 Å². The Morgan fingerprint density at radius 2 is 1.44 bits per heavy atom. The number of pyridine rings is 1. The largest absolute Gasteiger partial charge is 0.256 e. The summed E-state index contributed by atoms with van der Waals surface area (Å²) in [5.41, 5.74) is 10.3. The van der Waals surface area contributed by atoms with E-state index >= 15 is 0 Å². The lowest BCUT2D eigenvalue weighted by Crippen LogP contribution is -1.89. The Labute approximate surface area is 147 Å². The maximum atomic E-state index is 4.55. The average molecular weight is 319 g/mol. The molecule has 1 aliphatic carbocycles. The molecule has 0 fully saturated rings. The van der Waals surface area contributed by atoms with Gasteiger partial charge in [-0.3, -0.25) is 4.98 Å². The first kappa shape index (κ1) is 14.2. The van der Waals surface area contributed by atoms with Gasteiger partial charge in [0.1, 0.15) is 0 Å². The lowest BCUT2D eigenvalue weighted by Gasteiger charge is -2.08. The minimum Gasteiger partial charge on any atom is -0.256 e. The van der Waals surface area contributed by atoms with Crippen molar-refractivity contribution in [2.24, 2.45) is 0 Å². The van der Waals surface area contributed by atoms with E-state index in [0.717, 1.165) is 12.1 Å². The Kier molecular flexibility index (Phi) is 3.24. The first-order valence-electron chi connectivity index (χ1n) is 8.62. The highest BCUT2D eigenvalue weighted by Gasteiger charge is 2.22. The van der Waals surface area contributed by atoms with Gasteiger partial charge in [0.2, 0.25) is 0 Å². The van der Waals surface area contributed by atoms with Gasteiger partial charge in [0, 0.05) is 11.8 Å². The third kappa shape index (κ3) is 2.36. The summed E-state index contributed by atoms with van der Waals surface area (Å²) in [4.78, 5) is 4.55. The van der Waals surface area contributed by atoms with Crippen molar-refractivity contribution < 1.29 is 0 Å². The minimum absolute atomic E-state index is 0.979. The molecule has 0 amide bonds. The van der Waals surface area contributed by atoms with Crippen LogP contribution in [-0.2, 0) is 6.42 Å². The Bertz CT molecular complexity index is 1050. The van der Waals surface area contributed by atoms with Crippen molar-refractivity contribution in [1.29, 1.82) is 0 Å². The van der Waals surface area contributed by atoms with E-state index in [1.807, 2.05) is 12.3 Å². The molecule has 1 heteroatoms. The van der Waals surface area contributed by atoms with E-state index in [9.17, 15) is 0 Å². The quantitative estimate of drug-likeness (QED) is 0.389. The molecule has 1 heterocycles. The zero-order valence-electron chi connectivity index (χ0n) is 13.8. The highest BCUT2D eigenvalue weighted by Crippen LogP contribution is 2.42. The van der Waals surface area contributed by atoms with Crippen LogP contribution in [0.3, 0.4) is 0 Å². The van der Waals surface area contributed by atoms with Crippen molar-refractivity contribution in [3.8, 4) is 33.5 Å². The monoisotopic (exact) mass is 319 g/mol. The summed E-state index contributed by atoms with van der Waals surface area (Å²) in [7, 11) is 0. The van der Waals surface area contributed by atoms with Crippen LogP contribution in [0.25, 0.3) is 33.5 Å². The molecule has 1 nitrogen and oxygen atoms in total. The number of aromatic nitrogens is 1. The summed E-state index contributed by atoms with van der Waals surface area (Å²) in [5, 5.41) is 0. The molecule has 0 saturated heterocycles. The van der Waals surface area contributed by atoms with Crippen LogP contribution in [0, 0.1) is 0 Å². The van der Waals surface area contributed by atoms with E-state index in [4.69, 9.17) is 0 Å². The van der Waals surface area contributed by atoms with Crippen LogP contribution in [-0.4, -0.2) is 4.98 Å². The van der Waals surface area contributed by atoms with Gasteiger partial charge in [-0.1, -0.05) is 66.7 Å². The Hall–Kier alpha value is -3.19. The summed E-state index contributed by atoms with van der Waals surface area (Å²) >= 11 is 0. The van der Waals surface area contributed by atoms with Crippen molar-refractivity contribution in [3.63, 3.8) is 0 Å². The van der Waals surface area contributed by atoms with Gasteiger partial charge in [-0.15, -0.1) is 0 Å². The van der Waals surface area contributed by atoms with Crippen molar-refractivity contribution in [2.75, 3.05) is 0 Å². The highest BCUT2D eigenvalue weighted by atomic mass is 14.7. The molecular formula is C24H17N. The van der Waals surface area contributed by atoms with E-state index in [-0.39, 0.29) is 0 Å². The van der Waals surface area contributed by atoms with Crippen LogP contribution < -0.4 is 0 Å². The van der Waals surface area contributed by atoms with Gasteiger partial charge in [0.15, 0.2) is 0 Å². The van der Waals surface area contributed by atoms with Gasteiger partial charge in [-0.2, -0.15) is 0 Å². The highest BCUT2D eigenvalue weighted by molar-refractivity contribution is 5.86. The summed E-state index contributed by atoms with van der Waals surface area (Å²) < 4.78 is 0. The second kappa shape index (κ2) is 5.71. The van der Waals surface area contributed by atoms with E-state index < -0.39 is 0 Å². The standard InChI is InChI=1S/C24H17N/c1-2-7-17(8-3-1)18-12-13-19-16-23-20(22(19)15-18)9-6-10-21(23)24-11-4-5-14-25-24/h1-15H,16H2. The fraction of sp³-hybridized carbons (Fsp3) is 0.0417. The lowest BCUT2D eigenvalue weighted by atomic mass is 9.97. The van der Waals surface area contributed by atoms with Crippen molar-refractivity contribution in [1.82, 2.24) is 4.98 Å². The smallest absolute Gasteiger partial charge is 0.0705 e. The molecule has 5 rings (SSSR count). The fourth-order valence-corrected chi connectivity index (χ4v) is 3.77. The van der Waals surface area contributed by atoms with E-state index in [1.54, 1.807) is 0 Å². The predicted molar refractivity (Wildman–Crippen MR) is 103 cm³/mol. The summed E-state index contributed by atoms with van der Waals surface area (Å²) in [6, 6.07) is 30.1. The molecule has 3 aromatic carbocycles. The molecule has 0 saturated carbocycles. The van der Waals surface area contributed by atoms with E-state index in [0.29, 0.717) is 0 Å². The molecule has 0 atom stereocenters. The molecule has 0 radical (unpaired) electrons. The first-order valence-corrected chi connectivity index (χ1v) is 8.62. The number of benzene rings is 3. The minimum atomic E-state index is 0.979. The third-order valence-electron chi connectivity index (χ3n) is 4.99. The van der Waals surface area contributed by atoms with Crippen LogP contribution in [0.4, 0.5) is 0 Å². The summed E-state index contributed by atoms with van der Waals surface area (Å²) in [6.45, 7) is 0. The number of hydrogen-bond acceptors (Lipinski definition) is 1. The second-order valence-corrected chi connectivity index (χ2v) is 6.46. The SMILES string of the molecule is c1ccc(-c2ccc3c(c2)-c2cccc(-c4ccccn4)c2C3)cc1. The molecular weight excluding hydrogens is 302 g/mol. The van der Waals surface area contributed by atoms with Crippen molar-refractivity contribution in [3.05, 3.63) is 102 Å². The van der Waals surface area contributed by atoms with Crippen LogP contribution in [0.5, 0.6) is 0 Å². The van der Waals surface area contributed by atoms with Gasteiger partial charge in [0.25, 0.3) is 0 Å².